The first-order chi connectivity index (χ1) is 16.9. The Balaban J connectivity index is 1.44. The first kappa shape index (κ1) is 25.3. The molecule has 0 unspecified atom stereocenters. The lowest BCUT2D eigenvalue weighted by atomic mass is 10.1. The Hall–Kier alpha value is -4.31. The summed E-state index contributed by atoms with van der Waals surface area (Å²) in [6, 6.07) is 14.9. The zero-order valence-corrected chi connectivity index (χ0v) is 19.7. The number of nitrogens with zero attached hydrogens (tertiary/aromatic N) is 1. The van der Waals surface area contributed by atoms with Crippen LogP contribution in [-0.4, -0.2) is 38.2 Å². The lowest BCUT2D eigenvalue weighted by Crippen LogP contribution is -2.34. The highest BCUT2D eigenvalue weighted by atomic mass is 35.5. The molecule has 1 aromatic heterocycles. The van der Waals surface area contributed by atoms with Gasteiger partial charge in [-0.3, -0.25) is 14.4 Å². The number of benzene rings is 2. The number of carbonyl (C=O) groups excluding carboxylic acids is 3. The molecule has 3 aromatic rings. The van der Waals surface area contributed by atoms with Crippen molar-refractivity contribution in [2.75, 3.05) is 19.5 Å². The van der Waals surface area contributed by atoms with Crippen LogP contribution in [0.25, 0.3) is 0 Å². The van der Waals surface area contributed by atoms with Crippen LogP contribution in [-0.2, 0) is 27.3 Å². The Morgan fingerprint density at radius 3 is 2.54 bits per heavy atom. The van der Waals surface area contributed by atoms with Gasteiger partial charge >= 0.3 is 11.8 Å². The van der Waals surface area contributed by atoms with Crippen LogP contribution < -0.4 is 25.5 Å². The number of furan rings is 1. The van der Waals surface area contributed by atoms with Crippen LogP contribution in [0.1, 0.15) is 17.1 Å². The van der Waals surface area contributed by atoms with Crippen LogP contribution in [0.15, 0.2) is 64.1 Å². The molecule has 0 aliphatic rings. The van der Waals surface area contributed by atoms with E-state index >= 15 is 0 Å². The second-order valence-electron chi connectivity index (χ2n) is 7.11. The fraction of sp³-hybridized carbons (Fsp3) is 0.167. The molecule has 0 saturated heterocycles. The summed E-state index contributed by atoms with van der Waals surface area (Å²) in [6.07, 6.45) is 1.41. The number of hydrazone groups is 1. The highest BCUT2D eigenvalue weighted by Crippen LogP contribution is 2.27. The van der Waals surface area contributed by atoms with Crippen molar-refractivity contribution >= 4 is 41.2 Å². The third-order valence-corrected chi connectivity index (χ3v) is 4.82. The van der Waals surface area contributed by atoms with Gasteiger partial charge in [0.25, 0.3) is 0 Å². The maximum absolute atomic E-state index is 12.1. The van der Waals surface area contributed by atoms with Gasteiger partial charge in [0.15, 0.2) is 11.5 Å². The molecule has 3 N–H and O–H groups in total. The average Bonchev–Trinajstić information content (AvgIpc) is 3.30. The van der Waals surface area contributed by atoms with Gasteiger partial charge in [-0.25, -0.2) is 5.43 Å². The molecular weight excluding hydrogens is 476 g/mol. The molecule has 0 radical (unpaired) electrons. The Morgan fingerprint density at radius 1 is 1.00 bits per heavy atom. The summed E-state index contributed by atoms with van der Waals surface area (Å²) in [7, 11) is 3.05. The fourth-order valence-electron chi connectivity index (χ4n) is 2.94. The van der Waals surface area contributed by atoms with Crippen LogP contribution in [0.2, 0.25) is 5.02 Å². The number of methoxy groups -OCH3 is 2. The quantitative estimate of drug-likeness (QED) is 0.236. The molecule has 3 rings (SSSR count). The predicted molar refractivity (Wildman–Crippen MR) is 130 cm³/mol. The van der Waals surface area contributed by atoms with Crippen LogP contribution in [0.5, 0.6) is 11.5 Å². The molecule has 0 fully saturated rings. The molecule has 0 spiro atoms. The van der Waals surface area contributed by atoms with Crippen LogP contribution in [0.4, 0.5) is 5.69 Å². The Kier molecular flexibility index (Phi) is 8.85. The van der Waals surface area contributed by atoms with E-state index in [9.17, 15) is 14.4 Å². The van der Waals surface area contributed by atoms with Crippen LogP contribution in [0.3, 0.4) is 0 Å². The largest absolute Gasteiger partial charge is 0.493 e. The van der Waals surface area contributed by atoms with Crippen molar-refractivity contribution in [3.05, 3.63) is 76.7 Å². The summed E-state index contributed by atoms with van der Waals surface area (Å²) >= 11 is 5.86. The van der Waals surface area contributed by atoms with Crippen molar-refractivity contribution in [1.29, 1.82) is 0 Å². The summed E-state index contributed by atoms with van der Waals surface area (Å²) in [5.41, 5.74) is 3.55. The van der Waals surface area contributed by atoms with Gasteiger partial charge in [0.2, 0.25) is 5.91 Å². The predicted octanol–water partition coefficient (Wildman–Crippen LogP) is 2.90. The summed E-state index contributed by atoms with van der Waals surface area (Å²) < 4.78 is 15.9. The van der Waals surface area contributed by atoms with E-state index in [1.807, 2.05) is 0 Å². The number of hydrogen-bond donors (Lipinski definition) is 3. The van der Waals surface area contributed by atoms with Crippen molar-refractivity contribution in [2.24, 2.45) is 5.10 Å². The number of nitrogens with one attached hydrogen (secondary N) is 3. The van der Waals surface area contributed by atoms with Gasteiger partial charge in [-0.1, -0.05) is 23.7 Å². The number of anilines is 1. The number of hydrogen-bond acceptors (Lipinski definition) is 7. The molecular formula is C24H23ClN4O6. The molecule has 35 heavy (non-hydrogen) atoms. The zero-order chi connectivity index (χ0) is 25.2. The number of halogens is 1. The van der Waals surface area contributed by atoms with Crippen molar-refractivity contribution in [2.45, 2.75) is 13.0 Å². The van der Waals surface area contributed by atoms with Gasteiger partial charge in [0.05, 0.1) is 33.4 Å². The van der Waals surface area contributed by atoms with Crippen molar-refractivity contribution in [3.63, 3.8) is 0 Å². The summed E-state index contributed by atoms with van der Waals surface area (Å²) in [5.74, 6) is -0.161. The summed E-state index contributed by atoms with van der Waals surface area (Å²) in [6.45, 7) is -0.0126. The van der Waals surface area contributed by atoms with E-state index in [1.54, 1.807) is 48.5 Å². The van der Waals surface area contributed by atoms with Gasteiger partial charge in [0, 0.05) is 10.7 Å². The lowest BCUT2D eigenvalue weighted by Gasteiger charge is -2.09. The third kappa shape index (κ3) is 7.61. The van der Waals surface area contributed by atoms with Crippen molar-refractivity contribution < 1.29 is 28.3 Å². The van der Waals surface area contributed by atoms with Crippen molar-refractivity contribution in [1.82, 2.24) is 10.7 Å². The van der Waals surface area contributed by atoms with E-state index in [0.29, 0.717) is 33.7 Å². The molecule has 0 bridgehead atoms. The molecule has 0 saturated carbocycles. The summed E-state index contributed by atoms with van der Waals surface area (Å²) in [5, 5.41) is 9.21. The molecule has 10 nitrogen and oxygen atoms in total. The number of ether oxygens (including phenoxy) is 2. The number of rotatable bonds is 9. The molecule has 1 heterocycles. The molecule has 11 heteroatoms. The van der Waals surface area contributed by atoms with Crippen LogP contribution >= 0.6 is 11.6 Å². The van der Waals surface area contributed by atoms with E-state index < -0.39 is 11.8 Å². The van der Waals surface area contributed by atoms with Gasteiger partial charge < -0.3 is 24.5 Å². The first-order valence-corrected chi connectivity index (χ1v) is 10.7. The maximum atomic E-state index is 12.1. The second kappa shape index (κ2) is 12.2. The van der Waals surface area contributed by atoms with E-state index in [0.717, 1.165) is 5.56 Å². The standard InChI is InChI=1S/C24H23ClN4O6/c1-33-20-9-6-15(10-21(20)34-2)11-22(30)29-27-14-19-8-7-18(35-19)13-26-23(31)24(32)28-17-5-3-4-16(25)12-17/h3-10,12,14H,11,13H2,1-2H3,(H,26,31)(H,28,32)(H,29,30)/b27-14-. The Labute approximate surface area is 206 Å². The monoisotopic (exact) mass is 498 g/mol. The van der Waals surface area contributed by atoms with E-state index in [1.165, 1.54) is 26.5 Å². The molecule has 0 aliphatic heterocycles. The minimum absolute atomic E-state index is 0.0126. The van der Waals surface area contributed by atoms with Crippen LogP contribution in [0, 0.1) is 0 Å². The van der Waals surface area contributed by atoms with E-state index in [-0.39, 0.29) is 18.9 Å². The van der Waals surface area contributed by atoms with Gasteiger partial charge in [0.1, 0.15) is 11.5 Å². The fourth-order valence-corrected chi connectivity index (χ4v) is 3.13. The Morgan fingerprint density at radius 2 is 1.80 bits per heavy atom. The smallest absolute Gasteiger partial charge is 0.313 e. The van der Waals surface area contributed by atoms with Gasteiger partial charge in [-0.15, -0.1) is 0 Å². The molecule has 182 valence electrons. The average molecular weight is 499 g/mol. The molecule has 2 aromatic carbocycles. The van der Waals surface area contributed by atoms with Gasteiger partial charge in [-0.2, -0.15) is 5.10 Å². The number of carbonyl (C=O) groups is 3. The van der Waals surface area contributed by atoms with E-state index in [2.05, 4.69) is 21.2 Å². The highest BCUT2D eigenvalue weighted by molar-refractivity contribution is 6.39. The molecule has 0 aliphatic carbocycles. The topological polar surface area (TPSA) is 131 Å². The third-order valence-electron chi connectivity index (χ3n) is 4.59. The SMILES string of the molecule is COc1ccc(CC(=O)N/N=C\c2ccc(CNC(=O)C(=O)Nc3cccc(Cl)c3)o2)cc1OC. The van der Waals surface area contributed by atoms with Gasteiger partial charge in [-0.05, 0) is 48.0 Å². The maximum Gasteiger partial charge on any atom is 0.313 e. The first-order valence-electron chi connectivity index (χ1n) is 10.3. The minimum atomic E-state index is -0.835. The minimum Gasteiger partial charge on any atom is -0.493 e. The second-order valence-corrected chi connectivity index (χ2v) is 7.55. The molecule has 3 amide bonds. The summed E-state index contributed by atoms with van der Waals surface area (Å²) in [4.78, 5) is 36.1. The van der Waals surface area contributed by atoms with E-state index in [4.69, 9.17) is 25.5 Å². The van der Waals surface area contributed by atoms with Crippen molar-refractivity contribution in [3.8, 4) is 11.5 Å². The highest BCUT2D eigenvalue weighted by Gasteiger charge is 2.14. The zero-order valence-electron chi connectivity index (χ0n) is 19.0. The Bertz CT molecular complexity index is 1240. The lowest BCUT2D eigenvalue weighted by molar-refractivity contribution is -0.136. The molecule has 0 atom stereocenters. The normalized spacial score (nSPS) is 10.6. The number of amides is 3.